The maximum Gasteiger partial charge on any atom is 0.573 e. The van der Waals surface area contributed by atoms with Gasteiger partial charge in [0.15, 0.2) is 0 Å². The van der Waals surface area contributed by atoms with Crippen molar-refractivity contribution in [1.29, 1.82) is 0 Å². The standard InChI is InChI=1S/C27H16F8O3/c1-36-18-5-2-15(3-6-18)16-4-11-21(22(28)12-16)17-13-23(29)25(24(30)14-17)26(31,32)37-19-7-9-20(10-8-19)38-27(33,34)35/h2-14H,1H3. The summed E-state index contributed by atoms with van der Waals surface area (Å²) in [6, 6.07) is 14.4. The molecule has 0 atom stereocenters. The average Bonchev–Trinajstić information content (AvgIpc) is 2.83. The van der Waals surface area contributed by atoms with E-state index in [-0.39, 0.29) is 11.1 Å². The number of halogens is 8. The summed E-state index contributed by atoms with van der Waals surface area (Å²) in [5.41, 5.74) is -1.24. The maximum atomic E-state index is 14.9. The van der Waals surface area contributed by atoms with Crippen molar-refractivity contribution in [2.24, 2.45) is 0 Å². The largest absolute Gasteiger partial charge is 0.573 e. The van der Waals surface area contributed by atoms with E-state index in [0.717, 1.165) is 6.07 Å². The van der Waals surface area contributed by atoms with Gasteiger partial charge in [-0.15, -0.1) is 13.2 Å². The molecule has 4 rings (SSSR count). The first-order valence-corrected chi connectivity index (χ1v) is 10.7. The zero-order valence-corrected chi connectivity index (χ0v) is 19.3. The van der Waals surface area contributed by atoms with Crippen molar-refractivity contribution in [2.75, 3.05) is 7.11 Å². The van der Waals surface area contributed by atoms with Crippen molar-refractivity contribution in [3.8, 4) is 39.5 Å². The molecule has 0 radical (unpaired) electrons. The number of hydrogen-bond acceptors (Lipinski definition) is 3. The number of ether oxygens (including phenoxy) is 3. The van der Waals surface area contributed by atoms with E-state index in [4.69, 9.17) is 4.74 Å². The van der Waals surface area contributed by atoms with E-state index in [1.54, 1.807) is 24.3 Å². The molecule has 0 saturated heterocycles. The highest BCUT2D eigenvalue weighted by molar-refractivity contribution is 5.71. The lowest BCUT2D eigenvalue weighted by molar-refractivity contribution is -0.274. The Bertz CT molecular complexity index is 1410. The van der Waals surface area contributed by atoms with Gasteiger partial charge >= 0.3 is 12.5 Å². The second kappa shape index (κ2) is 10.2. The molecule has 0 unspecified atom stereocenters. The first kappa shape index (κ1) is 26.8. The minimum absolute atomic E-state index is 0.240. The first-order chi connectivity index (χ1) is 17.9. The van der Waals surface area contributed by atoms with E-state index >= 15 is 0 Å². The highest BCUT2D eigenvalue weighted by Crippen LogP contribution is 2.38. The van der Waals surface area contributed by atoms with Gasteiger partial charge in [-0.3, -0.25) is 0 Å². The molecular weight excluding hydrogens is 524 g/mol. The molecule has 0 heterocycles. The van der Waals surface area contributed by atoms with Crippen LogP contribution in [0.15, 0.2) is 78.9 Å². The molecule has 0 N–H and O–H groups in total. The Labute approximate surface area is 210 Å². The summed E-state index contributed by atoms with van der Waals surface area (Å²) >= 11 is 0. The lowest BCUT2D eigenvalue weighted by Crippen LogP contribution is -2.25. The number of alkyl halides is 5. The topological polar surface area (TPSA) is 27.7 Å². The van der Waals surface area contributed by atoms with E-state index in [2.05, 4.69) is 9.47 Å². The van der Waals surface area contributed by atoms with E-state index in [1.165, 1.54) is 19.2 Å². The molecule has 0 aromatic heterocycles. The van der Waals surface area contributed by atoms with Crippen LogP contribution in [0.25, 0.3) is 22.3 Å². The van der Waals surface area contributed by atoms with Crippen molar-refractivity contribution in [3.05, 3.63) is 102 Å². The predicted octanol–water partition coefficient (Wildman–Crippen LogP) is 8.47. The maximum absolute atomic E-state index is 14.9. The number of benzene rings is 4. The van der Waals surface area contributed by atoms with Gasteiger partial charge in [0, 0.05) is 5.56 Å². The molecular formula is C27H16F8O3. The zero-order chi connectivity index (χ0) is 27.7. The molecule has 3 nitrogen and oxygen atoms in total. The fraction of sp³-hybridized carbons (Fsp3) is 0.111. The van der Waals surface area contributed by atoms with Crippen LogP contribution in [0.5, 0.6) is 17.2 Å². The van der Waals surface area contributed by atoms with Crippen LogP contribution in [-0.2, 0) is 6.11 Å². The van der Waals surface area contributed by atoms with Crippen LogP contribution in [0.3, 0.4) is 0 Å². The molecule has 0 aliphatic carbocycles. The summed E-state index contributed by atoms with van der Waals surface area (Å²) in [5, 5.41) is 0. The normalized spacial score (nSPS) is 11.8. The molecule has 198 valence electrons. The molecule has 4 aromatic rings. The molecule has 0 aliphatic heterocycles. The lowest BCUT2D eigenvalue weighted by Gasteiger charge is -2.20. The Balaban J connectivity index is 1.58. The molecule has 11 heteroatoms. The summed E-state index contributed by atoms with van der Waals surface area (Å²) in [6.45, 7) is 0. The van der Waals surface area contributed by atoms with Crippen LogP contribution in [0.1, 0.15) is 5.56 Å². The Morgan fingerprint density at radius 3 is 1.50 bits per heavy atom. The van der Waals surface area contributed by atoms with Gasteiger partial charge in [-0.1, -0.05) is 24.3 Å². The van der Waals surface area contributed by atoms with Gasteiger partial charge in [0.05, 0.1) is 7.11 Å². The third-order valence-corrected chi connectivity index (χ3v) is 5.34. The monoisotopic (exact) mass is 540 g/mol. The smallest absolute Gasteiger partial charge is 0.497 e. The fourth-order valence-corrected chi connectivity index (χ4v) is 3.63. The summed E-state index contributed by atoms with van der Waals surface area (Å²) in [4.78, 5) is 0. The average molecular weight is 540 g/mol. The lowest BCUT2D eigenvalue weighted by atomic mass is 9.98. The van der Waals surface area contributed by atoms with E-state index < -0.39 is 47.0 Å². The van der Waals surface area contributed by atoms with E-state index in [0.29, 0.717) is 53.3 Å². The fourth-order valence-electron chi connectivity index (χ4n) is 3.63. The second-order valence-corrected chi connectivity index (χ2v) is 7.88. The Morgan fingerprint density at radius 1 is 0.526 bits per heavy atom. The van der Waals surface area contributed by atoms with Crippen LogP contribution in [0.2, 0.25) is 0 Å². The van der Waals surface area contributed by atoms with Crippen molar-refractivity contribution in [3.63, 3.8) is 0 Å². The van der Waals surface area contributed by atoms with Gasteiger partial charge in [0.2, 0.25) is 0 Å². The molecule has 0 bridgehead atoms. The third-order valence-electron chi connectivity index (χ3n) is 5.34. The van der Waals surface area contributed by atoms with Crippen molar-refractivity contribution in [1.82, 2.24) is 0 Å². The predicted molar refractivity (Wildman–Crippen MR) is 121 cm³/mol. The van der Waals surface area contributed by atoms with Crippen LogP contribution in [0, 0.1) is 17.5 Å². The van der Waals surface area contributed by atoms with Gasteiger partial charge in [-0.05, 0) is 71.3 Å². The molecule has 0 spiro atoms. The van der Waals surface area contributed by atoms with Gasteiger partial charge in [-0.25, -0.2) is 13.2 Å². The summed E-state index contributed by atoms with van der Waals surface area (Å²) in [5.74, 6) is -5.11. The van der Waals surface area contributed by atoms with Gasteiger partial charge in [0.1, 0.15) is 40.3 Å². The van der Waals surface area contributed by atoms with Gasteiger partial charge in [-0.2, -0.15) is 8.78 Å². The number of hydrogen-bond donors (Lipinski definition) is 0. The minimum atomic E-state index is -5.00. The van der Waals surface area contributed by atoms with Crippen molar-refractivity contribution in [2.45, 2.75) is 12.5 Å². The molecule has 4 aromatic carbocycles. The minimum Gasteiger partial charge on any atom is -0.497 e. The van der Waals surface area contributed by atoms with Crippen LogP contribution < -0.4 is 14.2 Å². The third kappa shape index (κ3) is 5.99. The van der Waals surface area contributed by atoms with Crippen LogP contribution in [0.4, 0.5) is 35.1 Å². The Morgan fingerprint density at radius 2 is 1.00 bits per heavy atom. The van der Waals surface area contributed by atoms with Crippen molar-refractivity contribution < 1.29 is 49.3 Å². The summed E-state index contributed by atoms with van der Waals surface area (Å²) < 4.78 is 123. The SMILES string of the molecule is COc1ccc(-c2ccc(-c3cc(F)c(C(F)(F)Oc4ccc(OC(F)(F)F)cc4)c(F)c3)c(F)c2)cc1. The highest BCUT2D eigenvalue weighted by atomic mass is 19.4. The molecule has 0 fully saturated rings. The summed E-state index contributed by atoms with van der Waals surface area (Å²) in [6.07, 6.45) is -9.56. The van der Waals surface area contributed by atoms with Crippen LogP contribution >= 0.6 is 0 Å². The van der Waals surface area contributed by atoms with Crippen molar-refractivity contribution >= 4 is 0 Å². The number of methoxy groups -OCH3 is 1. The molecule has 0 saturated carbocycles. The second-order valence-electron chi connectivity index (χ2n) is 7.88. The quantitative estimate of drug-likeness (QED) is 0.220. The molecule has 38 heavy (non-hydrogen) atoms. The van der Waals surface area contributed by atoms with E-state index in [1.807, 2.05) is 0 Å². The van der Waals surface area contributed by atoms with E-state index in [9.17, 15) is 35.1 Å². The molecule has 0 amide bonds. The van der Waals surface area contributed by atoms with Gasteiger partial charge in [0.25, 0.3) is 0 Å². The summed E-state index contributed by atoms with van der Waals surface area (Å²) in [7, 11) is 1.49. The molecule has 0 aliphatic rings. The van der Waals surface area contributed by atoms with Crippen LogP contribution in [-0.4, -0.2) is 13.5 Å². The highest BCUT2D eigenvalue weighted by Gasteiger charge is 2.41. The number of rotatable bonds is 7. The first-order valence-electron chi connectivity index (χ1n) is 10.7. The van der Waals surface area contributed by atoms with Gasteiger partial charge < -0.3 is 14.2 Å². The zero-order valence-electron chi connectivity index (χ0n) is 19.3. The Hall–Kier alpha value is -4.28. The Kier molecular flexibility index (Phi) is 7.21.